The number of hydrogen-bond acceptors (Lipinski definition) is 2. The maximum atomic E-state index is 3.50. The quantitative estimate of drug-likeness (QED) is 0.712. The second-order valence-electron chi connectivity index (χ2n) is 4.30. The van der Waals surface area contributed by atoms with E-state index in [0.717, 1.165) is 5.56 Å². The second kappa shape index (κ2) is 5.77. The third-order valence-electron chi connectivity index (χ3n) is 2.99. The summed E-state index contributed by atoms with van der Waals surface area (Å²) in [6.07, 6.45) is 0. The summed E-state index contributed by atoms with van der Waals surface area (Å²) in [4.78, 5) is 0. The maximum Gasteiger partial charge on any atom is 0.148 e. The highest BCUT2D eigenvalue weighted by molar-refractivity contribution is 8.20. The van der Waals surface area contributed by atoms with Crippen LogP contribution < -0.4 is 0 Å². The van der Waals surface area contributed by atoms with E-state index in [9.17, 15) is 0 Å². The molecule has 1 aliphatic heterocycles. The molecular weight excluding hydrogens is 268 g/mol. The van der Waals surface area contributed by atoms with E-state index in [0.29, 0.717) is 0 Å². The molecule has 2 heteroatoms. The van der Waals surface area contributed by atoms with E-state index in [-0.39, 0.29) is 4.08 Å². The van der Waals surface area contributed by atoms with Crippen molar-refractivity contribution in [3.8, 4) is 11.8 Å². The Morgan fingerprint density at radius 1 is 0.789 bits per heavy atom. The summed E-state index contributed by atoms with van der Waals surface area (Å²) >= 11 is 3.90. The number of hydrogen-bond donors (Lipinski definition) is 0. The zero-order valence-electron chi connectivity index (χ0n) is 10.5. The zero-order valence-corrected chi connectivity index (χ0v) is 12.1. The van der Waals surface area contributed by atoms with Gasteiger partial charge in [-0.2, -0.15) is 0 Å². The van der Waals surface area contributed by atoms with Crippen LogP contribution in [0.1, 0.15) is 11.1 Å². The fourth-order valence-corrected chi connectivity index (χ4v) is 4.98. The summed E-state index contributed by atoms with van der Waals surface area (Å²) in [5, 5.41) is 0. The molecule has 2 aromatic rings. The monoisotopic (exact) mass is 282 g/mol. The van der Waals surface area contributed by atoms with Gasteiger partial charge in [-0.15, -0.1) is 23.5 Å². The van der Waals surface area contributed by atoms with Crippen molar-refractivity contribution in [2.24, 2.45) is 0 Å². The van der Waals surface area contributed by atoms with E-state index in [1.165, 1.54) is 17.1 Å². The number of thioether (sulfide) groups is 2. The molecular formula is C17H14S2. The lowest BCUT2D eigenvalue weighted by Gasteiger charge is -2.21. The molecule has 0 atom stereocenters. The SMILES string of the molecule is C(#CC1(c2ccccc2)SCCS1)c1ccccc1. The van der Waals surface area contributed by atoms with E-state index in [2.05, 4.69) is 54.3 Å². The lowest BCUT2D eigenvalue weighted by molar-refractivity contribution is 1.20. The molecule has 0 aromatic heterocycles. The van der Waals surface area contributed by atoms with Crippen LogP contribution in [-0.4, -0.2) is 11.5 Å². The van der Waals surface area contributed by atoms with Crippen molar-refractivity contribution in [1.82, 2.24) is 0 Å². The molecule has 1 fully saturated rings. The van der Waals surface area contributed by atoms with Crippen molar-refractivity contribution in [2.75, 3.05) is 11.5 Å². The topological polar surface area (TPSA) is 0 Å². The molecule has 0 unspecified atom stereocenters. The first-order valence-corrected chi connectivity index (χ1v) is 8.28. The summed E-state index contributed by atoms with van der Waals surface area (Å²) in [7, 11) is 0. The van der Waals surface area contributed by atoms with Crippen LogP contribution in [0, 0.1) is 11.8 Å². The van der Waals surface area contributed by atoms with Crippen LogP contribution >= 0.6 is 23.5 Å². The molecule has 0 spiro atoms. The van der Waals surface area contributed by atoms with Crippen LogP contribution in [0.4, 0.5) is 0 Å². The van der Waals surface area contributed by atoms with Gasteiger partial charge in [-0.1, -0.05) is 60.4 Å². The summed E-state index contributed by atoms with van der Waals surface area (Å²) in [6, 6.07) is 20.9. The van der Waals surface area contributed by atoms with Crippen LogP contribution in [0.15, 0.2) is 60.7 Å². The van der Waals surface area contributed by atoms with Crippen LogP contribution in [0.25, 0.3) is 0 Å². The van der Waals surface area contributed by atoms with Crippen molar-refractivity contribution < 1.29 is 0 Å². The largest absolute Gasteiger partial charge is 0.148 e. The molecule has 1 heterocycles. The second-order valence-corrected chi connectivity index (χ2v) is 7.17. The van der Waals surface area contributed by atoms with Gasteiger partial charge < -0.3 is 0 Å². The molecule has 19 heavy (non-hydrogen) atoms. The Balaban J connectivity index is 1.97. The van der Waals surface area contributed by atoms with Crippen LogP contribution in [0.5, 0.6) is 0 Å². The van der Waals surface area contributed by atoms with Gasteiger partial charge in [0.25, 0.3) is 0 Å². The van der Waals surface area contributed by atoms with Crippen molar-refractivity contribution in [3.05, 3.63) is 71.8 Å². The molecule has 1 aliphatic rings. The Labute approximate surface area is 123 Å². The molecule has 0 bridgehead atoms. The van der Waals surface area contributed by atoms with Crippen molar-refractivity contribution >= 4 is 23.5 Å². The van der Waals surface area contributed by atoms with Crippen LogP contribution in [0.3, 0.4) is 0 Å². The Hall–Kier alpha value is -1.30. The predicted octanol–water partition coefficient (Wildman–Crippen LogP) is 4.37. The molecule has 0 saturated carbocycles. The minimum atomic E-state index is -0.0862. The Morgan fingerprint density at radius 3 is 2.00 bits per heavy atom. The third-order valence-corrected chi connectivity index (χ3v) is 6.26. The first kappa shape index (κ1) is 12.7. The highest BCUT2D eigenvalue weighted by Crippen LogP contribution is 2.51. The van der Waals surface area contributed by atoms with Gasteiger partial charge in [-0.3, -0.25) is 0 Å². The fourth-order valence-electron chi connectivity index (χ4n) is 2.06. The van der Waals surface area contributed by atoms with E-state index >= 15 is 0 Å². The summed E-state index contributed by atoms with van der Waals surface area (Å²) in [6.45, 7) is 0. The van der Waals surface area contributed by atoms with Crippen molar-refractivity contribution in [1.29, 1.82) is 0 Å². The zero-order chi connectivity index (χ0) is 13.0. The molecule has 94 valence electrons. The molecule has 1 saturated heterocycles. The lowest BCUT2D eigenvalue weighted by Crippen LogP contribution is -2.11. The van der Waals surface area contributed by atoms with Gasteiger partial charge in [0, 0.05) is 17.1 Å². The standard InChI is InChI=1S/C17H14S2/c1-3-7-15(8-4-1)11-12-17(18-13-14-19-17)16-9-5-2-6-10-16/h1-10H,13-14H2. The lowest BCUT2D eigenvalue weighted by atomic mass is 10.1. The first-order valence-electron chi connectivity index (χ1n) is 6.31. The van der Waals surface area contributed by atoms with Crippen molar-refractivity contribution in [3.63, 3.8) is 0 Å². The summed E-state index contributed by atoms with van der Waals surface area (Å²) in [5.74, 6) is 9.18. The summed E-state index contributed by atoms with van der Waals surface area (Å²) < 4.78 is -0.0862. The molecule has 0 amide bonds. The summed E-state index contributed by atoms with van der Waals surface area (Å²) in [5.41, 5.74) is 2.40. The van der Waals surface area contributed by atoms with Gasteiger partial charge >= 0.3 is 0 Å². The molecule has 3 rings (SSSR count). The molecule has 0 nitrogen and oxygen atoms in total. The Kier molecular flexibility index (Phi) is 3.87. The molecule has 2 aromatic carbocycles. The molecule has 0 aliphatic carbocycles. The highest BCUT2D eigenvalue weighted by Gasteiger charge is 2.35. The van der Waals surface area contributed by atoms with Crippen molar-refractivity contribution in [2.45, 2.75) is 4.08 Å². The average Bonchev–Trinajstić information content (AvgIpc) is 2.97. The Bertz CT molecular complexity index is 587. The fraction of sp³-hybridized carbons (Fsp3) is 0.176. The Morgan fingerprint density at radius 2 is 1.37 bits per heavy atom. The van der Waals surface area contributed by atoms with E-state index in [1.54, 1.807) is 0 Å². The minimum Gasteiger partial charge on any atom is -0.126 e. The third kappa shape index (κ3) is 2.83. The highest BCUT2D eigenvalue weighted by atomic mass is 32.2. The molecule has 0 N–H and O–H groups in total. The predicted molar refractivity (Wildman–Crippen MR) is 86.4 cm³/mol. The minimum absolute atomic E-state index is 0.0862. The van der Waals surface area contributed by atoms with Gasteiger partial charge in [-0.25, -0.2) is 0 Å². The normalized spacial score (nSPS) is 16.6. The van der Waals surface area contributed by atoms with Gasteiger partial charge in [0.15, 0.2) is 0 Å². The number of rotatable bonds is 1. The van der Waals surface area contributed by atoms with Crippen LogP contribution in [-0.2, 0) is 4.08 Å². The smallest absolute Gasteiger partial charge is 0.126 e. The molecule has 0 radical (unpaired) electrons. The van der Waals surface area contributed by atoms with Gasteiger partial charge in [0.05, 0.1) is 0 Å². The first-order chi connectivity index (χ1) is 9.39. The van der Waals surface area contributed by atoms with Gasteiger partial charge in [-0.05, 0) is 17.7 Å². The number of benzene rings is 2. The maximum absolute atomic E-state index is 3.50. The van der Waals surface area contributed by atoms with E-state index in [4.69, 9.17) is 0 Å². The van der Waals surface area contributed by atoms with Gasteiger partial charge in [0.1, 0.15) is 4.08 Å². The van der Waals surface area contributed by atoms with Gasteiger partial charge in [0.2, 0.25) is 0 Å². The van der Waals surface area contributed by atoms with E-state index < -0.39 is 0 Å². The average molecular weight is 282 g/mol. The van der Waals surface area contributed by atoms with Crippen LogP contribution in [0.2, 0.25) is 0 Å². The van der Waals surface area contributed by atoms with E-state index in [1.807, 2.05) is 41.7 Å².